The van der Waals surface area contributed by atoms with Crippen molar-refractivity contribution in [3.8, 4) is 11.5 Å². The van der Waals surface area contributed by atoms with Crippen LogP contribution in [-0.2, 0) is 16.1 Å². The third kappa shape index (κ3) is 5.13. The Balaban J connectivity index is 0.000000326. The molecule has 7 heteroatoms. The van der Waals surface area contributed by atoms with E-state index >= 15 is 0 Å². The number of carboxylic acids is 2. The number of aliphatic carboxylic acids is 2. The molecule has 2 aromatic carbocycles. The highest BCUT2D eigenvalue weighted by Crippen LogP contribution is 2.32. The van der Waals surface area contributed by atoms with Crippen LogP contribution in [0.25, 0.3) is 0 Å². The van der Waals surface area contributed by atoms with Gasteiger partial charge < -0.3 is 25.0 Å². The highest BCUT2D eigenvalue weighted by Gasteiger charge is 2.12. The van der Waals surface area contributed by atoms with Crippen molar-refractivity contribution < 1.29 is 29.3 Å². The molecular formula is C18H19NO6. The number of nitrogens with one attached hydrogen (secondary N) is 1. The molecule has 1 heterocycles. The van der Waals surface area contributed by atoms with E-state index < -0.39 is 11.9 Å². The van der Waals surface area contributed by atoms with Gasteiger partial charge in [0.05, 0.1) is 0 Å². The summed E-state index contributed by atoms with van der Waals surface area (Å²) in [5.41, 5.74) is 4.94. The van der Waals surface area contributed by atoms with E-state index in [-0.39, 0.29) is 0 Å². The Morgan fingerprint density at radius 1 is 0.960 bits per heavy atom. The number of benzene rings is 2. The summed E-state index contributed by atoms with van der Waals surface area (Å²) in [5, 5.41) is 18.2. The molecule has 0 unspecified atom stereocenters. The number of fused-ring (bicyclic) bond motifs is 1. The summed E-state index contributed by atoms with van der Waals surface area (Å²) in [7, 11) is 0. The Bertz CT molecular complexity index is 775. The summed E-state index contributed by atoms with van der Waals surface area (Å²) in [4.78, 5) is 18.2. The first-order valence-electron chi connectivity index (χ1n) is 7.52. The number of carboxylic acid groups (broad SMARTS) is 2. The van der Waals surface area contributed by atoms with Crippen molar-refractivity contribution in [3.05, 3.63) is 53.1 Å². The maximum atomic E-state index is 9.10. The van der Waals surface area contributed by atoms with Gasteiger partial charge in [0.15, 0.2) is 11.5 Å². The molecule has 132 valence electrons. The monoisotopic (exact) mass is 345 g/mol. The van der Waals surface area contributed by atoms with Crippen molar-refractivity contribution in [2.45, 2.75) is 20.4 Å². The average molecular weight is 345 g/mol. The molecule has 0 aromatic heterocycles. The van der Waals surface area contributed by atoms with Gasteiger partial charge in [-0.15, -0.1) is 0 Å². The minimum atomic E-state index is -1.82. The van der Waals surface area contributed by atoms with Crippen LogP contribution in [0.2, 0.25) is 0 Å². The van der Waals surface area contributed by atoms with Crippen LogP contribution in [0, 0.1) is 13.8 Å². The zero-order valence-corrected chi connectivity index (χ0v) is 13.9. The molecular weight excluding hydrogens is 326 g/mol. The van der Waals surface area contributed by atoms with Crippen LogP contribution in [0.5, 0.6) is 11.5 Å². The van der Waals surface area contributed by atoms with Crippen molar-refractivity contribution in [1.29, 1.82) is 0 Å². The van der Waals surface area contributed by atoms with E-state index in [1.165, 1.54) is 16.7 Å². The van der Waals surface area contributed by atoms with Crippen LogP contribution < -0.4 is 14.8 Å². The summed E-state index contributed by atoms with van der Waals surface area (Å²) >= 11 is 0. The number of aryl methyl sites for hydroxylation is 2. The van der Waals surface area contributed by atoms with Gasteiger partial charge in [0.25, 0.3) is 0 Å². The summed E-state index contributed by atoms with van der Waals surface area (Å²) in [6.07, 6.45) is 0. The van der Waals surface area contributed by atoms with E-state index in [0.717, 1.165) is 23.7 Å². The fourth-order valence-corrected chi connectivity index (χ4v) is 2.11. The van der Waals surface area contributed by atoms with Crippen LogP contribution in [0.4, 0.5) is 5.69 Å². The first-order valence-corrected chi connectivity index (χ1v) is 7.52. The molecule has 0 atom stereocenters. The van der Waals surface area contributed by atoms with E-state index in [4.69, 9.17) is 29.3 Å². The maximum absolute atomic E-state index is 9.10. The number of rotatable bonds is 3. The predicted octanol–water partition coefficient (Wildman–Crippen LogP) is 2.80. The summed E-state index contributed by atoms with van der Waals surface area (Å²) in [6, 6.07) is 12.5. The van der Waals surface area contributed by atoms with Crippen LogP contribution in [0.15, 0.2) is 36.4 Å². The lowest BCUT2D eigenvalue weighted by atomic mass is 10.1. The second-order valence-corrected chi connectivity index (χ2v) is 5.45. The van der Waals surface area contributed by atoms with Gasteiger partial charge in [-0.25, -0.2) is 9.59 Å². The van der Waals surface area contributed by atoms with Crippen LogP contribution in [0.1, 0.15) is 16.7 Å². The minimum absolute atomic E-state index is 0.323. The molecule has 0 bridgehead atoms. The maximum Gasteiger partial charge on any atom is 0.414 e. The molecule has 0 fully saturated rings. The predicted molar refractivity (Wildman–Crippen MR) is 91.1 cm³/mol. The van der Waals surface area contributed by atoms with E-state index in [2.05, 4.69) is 43.4 Å². The van der Waals surface area contributed by atoms with Crippen molar-refractivity contribution in [2.24, 2.45) is 0 Å². The molecule has 2 aromatic rings. The molecule has 1 aliphatic rings. The first-order chi connectivity index (χ1) is 11.9. The van der Waals surface area contributed by atoms with Crippen molar-refractivity contribution in [2.75, 3.05) is 12.1 Å². The van der Waals surface area contributed by atoms with E-state index in [9.17, 15) is 0 Å². The van der Waals surface area contributed by atoms with E-state index in [0.29, 0.717) is 6.79 Å². The molecule has 3 rings (SSSR count). The Morgan fingerprint density at radius 3 is 2.28 bits per heavy atom. The number of hydrogen-bond acceptors (Lipinski definition) is 5. The second kappa shape index (κ2) is 8.05. The Hall–Kier alpha value is -3.22. The van der Waals surface area contributed by atoms with Crippen molar-refractivity contribution in [1.82, 2.24) is 0 Å². The highest BCUT2D eigenvalue weighted by atomic mass is 16.7. The molecule has 7 nitrogen and oxygen atoms in total. The molecule has 3 N–H and O–H groups in total. The minimum Gasteiger partial charge on any atom is -0.473 e. The topological polar surface area (TPSA) is 105 Å². The van der Waals surface area contributed by atoms with Gasteiger partial charge >= 0.3 is 11.9 Å². The lowest BCUT2D eigenvalue weighted by Crippen LogP contribution is -2.09. The van der Waals surface area contributed by atoms with Crippen molar-refractivity contribution >= 4 is 17.6 Å². The molecule has 0 amide bonds. The van der Waals surface area contributed by atoms with Gasteiger partial charge in [-0.2, -0.15) is 0 Å². The van der Waals surface area contributed by atoms with Gasteiger partial charge in [0, 0.05) is 12.2 Å². The summed E-state index contributed by atoms with van der Waals surface area (Å²) < 4.78 is 10.7. The lowest BCUT2D eigenvalue weighted by molar-refractivity contribution is -0.159. The standard InChI is InChI=1S/C16H17NO2.C2H2O4/c1-11-3-5-14(7-12(11)2)17-9-13-4-6-15-16(8-13)19-10-18-15;3-1(4)2(5)6/h3-8,17H,9-10H2,1-2H3;(H,3,4)(H,5,6). The Kier molecular flexibility index (Phi) is 5.84. The molecule has 0 spiro atoms. The van der Waals surface area contributed by atoms with Crippen LogP contribution in [-0.4, -0.2) is 28.9 Å². The van der Waals surface area contributed by atoms with Gasteiger partial charge in [0.2, 0.25) is 6.79 Å². The lowest BCUT2D eigenvalue weighted by Gasteiger charge is -2.09. The van der Waals surface area contributed by atoms with E-state index in [1.54, 1.807) is 0 Å². The second-order valence-electron chi connectivity index (χ2n) is 5.45. The van der Waals surface area contributed by atoms with Gasteiger partial charge in [-0.05, 0) is 54.8 Å². The average Bonchev–Trinajstić information content (AvgIpc) is 3.04. The third-order valence-electron chi connectivity index (χ3n) is 3.62. The third-order valence-corrected chi connectivity index (χ3v) is 3.62. The van der Waals surface area contributed by atoms with Crippen molar-refractivity contribution in [3.63, 3.8) is 0 Å². The molecule has 0 aliphatic carbocycles. The number of anilines is 1. The first kappa shape index (κ1) is 18.1. The smallest absolute Gasteiger partial charge is 0.414 e. The fraction of sp³-hybridized carbons (Fsp3) is 0.222. The zero-order chi connectivity index (χ0) is 18.4. The largest absolute Gasteiger partial charge is 0.473 e. The number of carbonyl (C=O) groups is 2. The molecule has 25 heavy (non-hydrogen) atoms. The zero-order valence-electron chi connectivity index (χ0n) is 13.9. The molecule has 0 saturated heterocycles. The van der Waals surface area contributed by atoms with Crippen LogP contribution >= 0.6 is 0 Å². The summed E-state index contributed by atoms with van der Waals surface area (Å²) in [5.74, 6) is -1.99. The SMILES string of the molecule is Cc1ccc(NCc2ccc3c(c2)OCO3)cc1C.O=C(O)C(=O)O. The quantitative estimate of drug-likeness (QED) is 0.735. The van der Waals surface area contributed by atoms with Crippen LogP contribution in [0.3, 0.4) is 0 Å². The molecule has 0 saturated carbocycles. The summed E-state index contributed by atoms with van der Waals surface area (Å²) in [6.45, 7) is 5.35. The van der Waals surface area contributed by atoms with Gasteiger partial charge in [-0.3, -0.25) is 0 Å². The number of ether oxygens (including phenoxy) is 2. The highest BCUT2D eigenvalue weighted by molar-refractivity contribution is 6.27. The normalized spacial score (nSPS) is 11.3. The Labute approximate surface area is 144 Å². The molecule has 1 aliphatic heterocycles. The van der Waals surface area contributed by atoms with E-state index in [1.807, 2.05) is 12.1 Å². The van der Waals surface area contributed by atoms with Gasteiger partial charge in [-0.1, -0.05) is 12.1 Å². The number of hydrogen-bond donors (Lipinski definition) is 3. The Morgan fingerprint density at radius 2 is 1.64 bits per heavy atom. The molecule has 0 radical (unpaired) electrons. The fourth-order valence-electron chi connectivity index (χ4n) is 2.11. The van der Waals surface area contributed by atoms with Gasteiger partial charge in [0.1, 0.15) is 0 Å².